The molecule has 0 atom stereocenters. The Balaban J connectivity index is 1.36. The van der Waals surface area contributed by atoms with Crippen LogP contribution in [0.2, 0.25) is 4.34 Å². The summed E-state index contributed by atoms with van der Waals surface area (Å²) in [5, 5.41) is 0. The first-order valence-electron chi connectivity index (χ1n) is 10.1. The number of sulfonamides is 2. The average Bonchev–Trinajstić information content (AvgIpc) is 3.46. The SMILES string of the molecule is O=S(=O)(Nc1ccc2oc(-c3ccc(NS(=O)(=O)c4ccc(Cl)s4)cc3)nc2c1)c1ccccc1. The van der Waals surface area contributed by atoms with Gasteiger partial charge in [-0.2, -0.15) is 0 Å². The van der Waals surface area contributed by atoms with Crippen LogP contribution in [0.15, 0.2) is 98.5 Å². The molecule has 178 valence electrons. The van der Waals surface area contributed by atoms with Gasteiger partial charge in [0.1, 0.15) is 9.73 Å². The number of fused-ring (bicyclic) bond motifs is 1. The number of halogens is 1. The van der Waals surface area contributed by atoms with Crippen LogP contribution in [-0.4, -0.2) is 21.8 Å². The van der Waals surface area contributed by atoms with Crippen LogP contribution in [0.4, 0.5) is 11.4 Å². The molecule has 0 amide bonds. The lowest BCUT2D eigenvalue weighted by Gasteiger charge is -2.07. The van der Waals surface area contributed by atoms with Crippen LogP contribution in [0.25, 0.3) is 22.6 Å². The van der Waals surface area contributed by atoms with Gasteiger partial charge < -0.3 is 4.42 Å². The molecule has 12 heteroatoms. The fraction of sp³-hybridized carbons (Fsp3) is 0. The van der Waals surface area contributed by atoms with Gasteiger partial charge in [-0.1, -0.05) is 29.8 Å². The molecule has 0 saturated carbocycles. The molecule has 2 aromatic heterocycles. The lowest BCUT2D eigenvalue weighted by molar-refractivity contribution is 0.600. The van der Waals surface area contributed by atoms with Crippen molar-refractivity contribution in [1.82, 2.24) is 4.98 Å². The maximum Gasteiger partial charge on any atom is 0.271 e. The number of rotatable bonds is 7. The van der Waals surface area contributed by atoms with E-state index in [-0.39, 0.29) is 9.10 Å². The normalized spacial score (nSPS) is 12.0. The fourth-order valence-electron chi connectivity index (χ4n) is 3.26. The molecule has 0 aliphatic heterocycles. The van der Waals surface area contributed by atoms with E-state index in [9.17, 15) is 16.8 Å². The van der Waals surface area contributed by atoms with Crippen LogP contribution in [0.3, 0.4) is 0 Å². The number of anilines is 2. The van der Waals surface area contributed by atoms with E-state index in [4.69, 9.17) is 16.0 Å². The van der Waals surface area contributed by atoms with Crippen LogP contribution in [0, 0.1) is 0 Å². The first-order chi connectivity index (χ1) is 16.7. The molecule has 0 unspecified atom stereocenters. The number of oxazole rings is 1. The molecule has 2 heterocycles. The molecule has 0 bridgehead atoms. The Labute approximate surface area is 210 Å². The smallest absolute Gasteiger partial charge is 0.271 e. The van der Waals surface area contributed by atoms with Crippen LogP contribution >= 0.6 is 22.9 Å². The van der Waals surface area contributed by atoms with E-state index in [1.807, 2.05) is 0 Å². The minimum Gasteiger partial charge on any atom is -0.436 e. The van der Waals surface area contributed by atoms with E-state index in [0.29, 0.717) is 38.3 Å². The molecule has 3 aromatic carbocycles. The summed E-state index contributed by atoms with van der Waals surface area (Å²) < 4.78 is 61.4. The van der Waals surface area contributed by atoms with E-state index < -0.39 is 20.0 Å². The van der Waals surface area contributed by atoms with Crippen LogP contribution in [0.1, 0.15) is 0 Å². The zero-order chi connectivity index (χ0) is 24.6. The zero-order valence-corrected chi connectivity index (χ0v) is 20.9. The molecular formula is C23H16ClN3O5S3. The van der Waals surface area contributed by atoms with Crippen molar-refractivity contribution >= 4 is 65.5 Å². The third kappa shape index (κ3) is 5.03. The maximum atomic E-state index is 12.6. The molecule has 0 fully saturated rings. The van der Waals surface area contributed by atoms with Gasteiger partial charge in [-0.15, -0.1) is 11.3 Å². The minimum atomic E-state index is -3.74. The van der Waals surface area contributed by atoms with Crippen molar-refractivity contribution in [2.24, 2.45) is 0 Å². The van der Waals surface area contributed by atoms with Crippen molar-refractivity contribution in [3.8, 4) is 11.5 Å². The summed E-state index contributed by atoms with van der Waals surface area (Å²) in [7, 11) is -7.48. The molecule has 5 aromatic rings. The molecule has 0 radical (unpaired) electrons. The number of nitrogens with zero attached hydrogens (tertiary/aromatic N) is 1. The highest BCUT2D eigenvalue weighted by Crippen LogP contribution is 2.30. The number of thiophene rings is 1. The lowest BCUT2D eigenvalue weighted by atomic mass is 10.2. The first-order valence-corrected chi connectivity index (χ1v) is 14.2. The summed E-state index contributed by atoms with van der Waals surface area (Å²) >= 11 is 6.80. The van der Waals surface area contributed by atoms with E-state index in [0.717, 1.165) is 11.3 Å². The predicted octanol–water partition coefficient (Wildman–Crippen LogP) is 5.81. The van der Waals surface area contributed by atoms with Crippen LogP contribution in [0.5, 0.6) is 0 Å². The van der Waals surface area contributed by atoms with Gasteiger partial charge in [-0.25, -0.2) is 21.8 Å². The van der Waals surface area contributed by atoms with Gasteiger partial charge in [0, 0.05) is 11.3 Å². The zero-order valence-electron chi connectivity index (χ0n) is 17.7. The second-order valence-electron chi connectivity index (χ2n) is 7.36. The summed E-state index contributed by atoms with van der Waals surface area (Å²) in [5.74, 6) is 0.308. The van der Waals surface area contributed by atoms with Crippen LogP contribution in [-0.2, 0) is 20.0 Å². The molecule has 0 aliphatic carbocycles. The molecule has 0 spiro atoms. The molecular weight excluding hydrogens is 530 g/mol. The topological polar surface area (TPSA) is 118 Å². The third-order valence-corrected chi connectivity index (χ3v) is 9.39. The molecule has 2 N–H and O–H groups in total. The van der Waals surface area contributed by atoms with Gasteiger partial charge in [0.2, 0.25) is 5.89 Å². The Morgan fingerprint density at radius 1 is 0.771 bits per heavy atom. The van der Waals surface area contributed by atoms with E-state index in [1.54, 1.807) is 60.7 Å². The second kappa shape index (κ2) is 9.00. The van der Waals surface area contributed by atoms with E-state index in [1.165, 1.54) is 24.3 Å². The first kappa shape index (κ1) is 23.4. The molecule has 0 saturated heterocycles. The molecule has 35 heavy (non-hydrogen) atoms. The van der Waals surface area contributed by atoms with E-state index >= 15 is 0 Å². The third-order valence-electron chi connectivity index (χ3n) is 4.89. The Kier molecular flexibility index (Phi) is 6.01. The minimum absolute atomic E-state index is 0.115. The number of aromatic nitrogens is 1. The average molecular weight is 546 g/mol. The van der Waals surface area contributed by atoms with Crippen LogP contribution < -0.4 is 9.44 Å². The summed E-state index contributed by atoms with van der Waals surface area (Å²) in [6.45, 7) is 0. The quantitative estimate of drug-likeness (QED) is 0.266. The summed E-state index contributed by atoms with van der Waals surface area (Å²) in [5.41, 5.74) is 2.27. The van der Waals surface area contributed by atoms with Gasteiger partial charge in [0.25, 0.3) is 20.0 Å². The summed E-state index contributed by atoms with van der Waals surface area (Å²) in [6, 6.07) is 22.3. The number of benzene rings is 3. The fourth-order valence-corrected chi connectivity index (χ4v) is 6.87. The largest absolute Gasteiger partial charge is 0.436 e. The van der Waals surface area contributed by atoms with Crippen molar-refractivity contribution in [2.75, 3.05) is 9.44 Å². The van der Waals surface area contributed by atoms with Gasteiger partial charge in [0.05, 0.1) is 14.9 Å². The van der Waals surface area contributed by atoms with Crippen molar-refractivity contribution in [3.63, 3.8) is 0 Å². The highest BCUT2D eigenvalue weighted by molar-refractivity contribution is 7.94. The van der Waals surface area contributed by atoms with Gasteiger partial charge in [0.15, 0.2) is 5.58 Å². The van der Waals surface area contributed by atoms with E-state index in [2.05, 4.69) is 14.4 Å². The number of hydrogen-bond donors (Lipinski definition) is 2. The lowest BCUT2D eigenvalue weighted by Crippen LogP contribution is -2.12. The Bertz CT molecular complexity index is 1730. The summed E-state index contributed by atoms with van der Waals surface area (Å²) in [6.07, 6.45) is 0. The molecule has 5 rings (SSSR count). The highest BCUT2D eigenvalue weighted by Gasteiger charge is 2.18. The Morgan fingerprint density at radius 2 is 1.46 bits per heavy atom. The van der Waals surface area contributed by atoms with Gasteiger partial charge in [-0.05, 0) is 66.7 Å². The molecule has 0 aliphatic rings. The monoisotopic (exact) mass is 545 g/mol. The maximum absolute atomic E-state index is 12.6. The van der Waals surface area contributed by atoms with Gasteiger partial charge >= 0.3 is 0 Å². The number of hydrogen-bond acceptors (Lipinski definition) is 7. The van der Waals surface area contributed by atoms with Crippen molar-refractivity contribution < 1.29 is 21.3 Å². The van der Waals surface area contributed by atoms with Crippen molar-refractivity contribution in [3.05, 3.63) is 89.3 Å². The number of nitrogens with one attached hydrogen (secondary N) is 2. The molecule has 8 nitrogen and oxygen atoms in total. The van der Waals surface area contributed by atoms with Gasteiger partial charge in [-0.3, -0.25) is 9.44 Å². The predicted molar refractivity (Wildman–Crippen MR) is 137 cm³/mol. The second-order valence-corrected chi connectivity index (χ2v) is 12.7. The standard InChI is InChI=1S/C23H16ClN3O5S3/c24-21-12-13-22(33-21)35(30,31)26-16-8-6-15(7-9-16)23-25-19-14-17(10-11-20(19)32-23)27-34(28,29)18-4-2-1-3-5-18/h1-14,26-27H. The Morgan fingerprint density at radius 3 is 2.14 bits per heavy atom. The van der Waals surface area contributed by atoms with Crippen molar-refractivity contribution in [1.29, 1.82) is 0 Å². The Hall–Kier alpha value is -3.38. The van der Waals surface area contributed by atoms with Crippen molar-refractivity contribution in [2.45, 2.75) is 9.10 Å². The summed E-state index contributed by atoms with van der Waals surface area (Å²) in [4.78, 5) is 4.60. The highest BCUT2D eigenvalue weighted by atomic mass is 35.5.